The summed E-state index contributed by atoms with van der Waals surface area (Å²) < 4.78 is 0. The zero-order valence-corrected chi connectivity index (χ0v) is 7.89. The smallest absolute Gasteiger partial charge is 0.222 e. The Labute approximate surface area is 73.7 Å². The van der Waals surface area contributed by atoms with Gasteiger partial charge in [0.1, 0.15) is 0 Å². The van der Waals surface area contributed by atoms with Crippen LogP contribution in [-0.2, 0) is 4.79 Å². The van der Waals surface area contributed by atoms with Gasteiger partial charge >= 0.3 is 0 Å². The molecule has 2 fully saturated rings. The highest BCUT2D eigenvalue weighted by atomic mass is 16.2. The Bertz CT molecular complexity index is 204. The fourth-order valence-electron chi connectivity index (χ4n) is 2.57. The minimum absolute atomic E-state index is 0.225. The first-order valence-corrected chi connectivity index (χ1v) is 4.92. The van der Waals surface area contributed by atoms with Crippen molar-refractivity contribution < 1.29 is 4.79 Å². The summed E-state index contributed by atoms with van der Waals surface area (Å²) in [6.45, 7) is 4.62. The average molecular weight is 167 g/mol. The first-order chi connectivity index (χ1) is 5.61. The Morgan fingerprint density at radius 1 is 1.42 bits per heavy atom. The van der Waals surface area contributed by atoms with Gasteiger partial charge in [-0.3, -0.25) is 4.79 Å². The molecule has 1 saturated heterocycles. The van der Waals surface area contributed by atoms with Crippen molar-refractivity contribution in [1.29, 1.82) is 0 Å². The lowest BCUT2D eigenvalue weighted by Gasteiger charge is -2.49. The first kappa shape index (κ1) is 8.09. The van der Waals surface area contributed by atoms with Crippen LogP contribution >= 0.6 is 0 Å². The number of carbonyl (C=O) groups is 1. The standard InChI is InChI=1S/C10H17NO/c1-7-3-4-10(5-8(7)2)6-9(12)11-10/h7-8H,3-6H2,1-2H3,(H,11,12). The van der Waals surface area contributed by atoms with Gasteiger partial charge in [-0.15, -0.1) is 0 Å². The van der Waals surface area contributed by atoms with Crippen molar-refractivity contribution in [3.05, 3.63) is 0 Å². The number of amides is 1. The Morgan fingerprint density at radius 2 is 2.08 bits per heavy atom. The molecule has 1 N–H and O–H groups in total. The van der Waals surface area contributed by atoms with E-state index in [1.807, 2.05) is 0 Å². The summed E-state index contributed by atoms with van der Waals surface area (Å²) in [5.74, 6) is 1.87. The SMILES string of the molecule is CC1CCC2(CC(=O)N2)CC1C. The average Bonchev–Trinajstić information content (AvgIpc) is 1.95. The molecule has 1 aliphatic heterocycles. The Morgan fingerprint density at radius 3 is 2.58 bits per heavy atom. The summed E-state index contributed by atoms with van der Waals surface area (Å²) in [5, 5.41) is 3.07. The summed E-state index contributed by atoms with van der Waals surface area (Å²) in [4.78, 5) is 10.8. The molecule has 0 radical (unpaired) electrons. The summed E-state index contributed by atoms with van der Waals surface area (Å²) in [7, 11) is 0. The largest absolute Gasteiger partial charge is 0.350 e. The van der Waals surface area contributed by atoms with E-state index in [0.29, 0.717) is 0 Å². The van der Waals surface area contributed by atoms with E-state index in [0.717, 1.165) is 18.3 Å². The Balaban J connectivity index is 1.99. The van der Waals surface area contributed by atoms with Crippen molar-refractivity contribution in [3.63, 3.8) is 0 Å². The molecule has 68 valence electrons. The van der Waals surface area contributed by atoms with Crippen LogP contribution in [0.2, 0.25) is 0 Å². The van der Waals surface area contributed by atoms with Gasteiger partial charge in [0, 0.05) is 12.0 Å². The number of hydrogen-bond donors (Lipinski definition) is 1. The normalized spacial score (nSPS) is 47.0. The summed E-state index contributed by atoms with van der Waals surface area (Å²) in [6, 6.07) is 0. The summed E-state index contributed by atoms with van der Waals surface area (Å²) in [5.41, 5.74) is 0.225. The van der Waals surface area contributed by atoms with Crippen LogP contribution in [0.25, 0.3) is 0 Å². The molecule has 1 spiro atoms. The molecule has 1 heterocycles. The third kappa shape index (κ3) is 1.13. The van der Waals surface area contributed by atoms with Crippen molar-refractivity contribution in [2.24, 2.45) is 11.8 Å². The molecule has 0 bridgehead atoms. The zero-order chi connectivity index (χ0) is 8.77. The monoisotopic (exact) mass is 167 g/mol. The molecular formula is C10H17NO. The molecule has 1 aliphatic carbocycles. The van der Waals surface area contributed by atoms with Gasteiger partial charge in [0.15, 0.2) is 0 Å². The van der Waals surface area contributed by atoms with Crippen LogP contribution in [0.5, 0.6) is 0 Å². The maximum absolute atomic E-state index is 10.8. The molecule has 2 nitrogen and oxygen atoms in total. The van der Waals surface area contributed by atoms with Gasteiger partial charge in [0.25, 0.3) is 0 Å². The summed E-state index contributed by atoms with van der Waals surface area (Å²) >= 11 is 0. The summed E-state index contributed by atoms with van der Waals surface area (Å²) in [6.07, 6.45) is 4.45. The molecule has 3 atom stereocenters. The van der Waals surface area contributed by atoms with Crippen LogP contribution in [0.4, 0.5) is 0 Å². The number of rotatable bonds is 0. The molecule has 3 unspecified atom stereocenters. The fourth-order valence-corrected chi connectivity index (χ4v) is 2.57. The molecule has 2 aliphatic rings. The molecule has 2 heteroatoms. The highest BCUT2D eigenvalue weighted by Crippen LogP contribution is 2.41. The molecule has 0 aromatic heterocycles. The lowest BCUT2D eigenvalue weighted by molar-refractivity contribution is -0.135. The van der Waals surface area contributed by atoms with E-state index in [1.54, 1.807) is 0 Å². The van der Waals surface area contributed by atoms with Crippen molar-refractivity contribution in [3.8, 4) is 0 Å². The topological polar surface area (TPSA) is 29.1 Å². The first-order valence-electron chi connectivity index (χ1n) is 4.92. The lowest BCUT2D eigenvalue weighted by Crippen LogP contribution is -2.63. The number of hydrogen-bond acceptors (Lipinski definition) is 1. The van der Waals surface area contributed by atoms with Gasteiger partial charge in [0.2, 0.25) is 5.91 Å². The molecule has 1 amide bonds. The van der Waals surface area contributed by atoms with Crippen molar-refractivity contribution in [2.45, 2.75) is 45.1 Å². The minimum atomic E-state index is 0.225. The van der Waals surface area contributed by atoms with Crippen LogP contribution in [0, 0.1) is 11.8 Å². The number of carbonyl (C=O) groups excluding carboxylic acids is 1. The molecule has 12 heavy (non-hydrogen) atoms. The van der Waals surface area contributed by atoms with E-state index in [9.17, 15) is 4.79 Å². The lowest BCUT2D eigenvalue weighted by atomic mass is 9.67. The molecule has 2 rings (SSSR count). The Kier molecular flexibility index (Phi) is 1.67. The second-order valence-corrected chi connectivity index (χ2v) is 4.70. The zero-order valence-electron chi connectivity index (χ0n) is 7.89. The second kappa shape index (κ2) is 2.48. The highest BCUT2D eigenvalue weighted by Gasteiger charge is 2.46. The molecular weight excluding hydrogens is 150 g/mol. The van der Waals surface area contributed by atoms with E-state index in [1.165, 1.54) is 19.3 Å². The van der Waals surface area contributed by atoms with Crippen molar-refractivity contribution >= 4 is 5.91 Å². The van der Waals surface area contributed by atoms with Crippen LogP contribution < -0.4 is 5.32 Å². The molecule has 0 aromatic rings. The Hall–Kier alpha value is -0.530. The number of β-lactam (4-membered cyclic amide) rings is 1. The van der Waals surface area contributed by atoms with Gasteiger partial charge in [-0.1, -0.05) is 13.8 Å². The predicted octanol–water partition coefficient (Wildman–Crippen LogP) is 1.70. The quantitative estimate of drug-likeness (QED) is 0.547. The van der Waals surface area contributed by atoms with Crippen LogP contribution in [0.15, 0.2) is 0 Å². The third-order valence-corrected chi connectivity index (χ3v) is 3.67. The second-order valence-electron chi connectivity index (χ2n) is 4.70. The van der Waals surface area contributed by atoms with E-state index in [2.05, 4.69) is 19.2 Å². The van der Waals surface area contributed by atoms with E-state index < -0.39 is 0 Å². The van der Waals surface area contributed by atoms with Crippen molar-refractivity contribution in [2.75, 3.05) is 0 Å². The van der Waals surface area contributed by atoms with Gasteiger partial charge in [-0.25, -0.2) is 0 Å². The number of nitrogens with one attached hydrogen (secondary N) is 1. The van der Waals surface area contributed by atoms with Crippen molar-refractivity contribution in [1.82, 2.24) is 5.32 Å². The van der Waals surface area contributed by atoms with E-state index in [4.69, 9.17) is 0 Å². The minimum Gasteiger partial charge on any atom is -0.350 e. The highest BCUT2D eigenvalue weighted by molar-refractivity contribution is 5.84. The van der Waals surface area contributed by atoms with Gasteiger partial charge in [0.05, 0.1) is 0 Å². The van der Waals surface area contributed by atoms with Crippen LogP contribution in [-0.4, -0.2) is 11.4 Å². The maximum Gasteiger partial charge on any atom is 0.222 e. The van der Waals surface area contributed by atoms with Crippen LogP contribution in [0.3, 0.4) is 0 Å². The third-order valence-electron chi connectivity index (χ3n) is 3.67. The maximum atomic E-state index is 10.8. The van der Waals surface area contributed by atoms with E-state index in [-0.39, 0.29) is 11.4 Å². The van der Waals surface area contributed by atoms with Crippen LogP contribution in [0.1, 0.15) is 39.5 Å². The fraction of sp³-hybridized carbons (Fsp3) is 0.900. The van der Waals surface area contributed by atoms with E-state index >= 15 is 0 Å². The van der Waals surface area contributed by atoms with Gasteiger partial charge < -0.3 is 5.32 Å². The van der Waals surface area contributed by atoms with Gasteiger partial charge in [-0.2, -0.15) is 0 Å². The van der Waals surface area contributed by atoms with Gasteiger partial charge in [-0.05, 0) is 31.1 Å². The predicted molar refractivity (Wildman–Crippen MR) is 47.7 cm³/mol. The molecule has 0 aromatic carbocycles. The molecule has 1 saturated carbocycles.